The first-order valence-electron chi connectivity index (χ1n) is 6.66. The Morgan fingerprint density at radius 1 is 1.18 bits per heavy atom. The zero-order valence-corrected chi connectivity index (χ0v) is 10.7. The summed E-state index contributed by atoms with van der Waals surface area (Å²) in [5, 5.41) is 12.4. The Balaban J connectivity index is 1.81. The Kier molecular flexibility index (Phi) is 4.05. The zero-order valence-electron chi connectivity index (χ0n) is 10.7. The minimum atomic E-state index is -0.406. The van der Waals surface area contributed by atoms with Gasteiger partial charge in [0, 0.05) is 13.0 Å². The molecule has 2 N–H and O–H groups in total. The number of hydrogen-bond donors (Lipinski definition) is 2. The van der Waals surface area contributed by atoms with Gasteiger partial charge in [-0.05, 0) is 31.1 Å². The Morgan fingerprint density at radius 3 is 2.35 bits per heavy atom. The third-order valence-corrected chi connectivity index (χ3v) is 3.81. The van der Waals surface area contributed by atoms with Crippen molar-refractivity contribution in [2.45, 2.75) is 57.8 Å². The van der Waals surface area contributed by atoms with Gasteiger partial charge >= 0.3 is 5.97 Å². The highest BCUT2D eigenvalue weighted by atomic mass is 16.5. The molecule has 4 atom stereocenters. The number of aliphatic hydroxyl groups is 1. The second kappa shape index (κ2) is 5.36. The average molecular weight is 241 g/mol. The number of nitrogens with one attached hydrogen (secondary N) is 1. The molecule has 0 radical (unpaired) electrons. The Bertz CT molecular complexity index is 272. The molecule has 2 unspecified atom stereocenters. The van der Waals surface area contributed by atoms with Crippen LogP contribution >= 0.6 is 0 Å². The van der Waals surface area contributed by atoms with Gasteiger partial charge < -0.3 is 15.2 Å². The molecule has 0 aromatic carbocycles. The fourth-order valence-electron chi connectivity index (χ4n) is 3.11. The second-order valence-electron chi connectivity index (χ2n) is 5.83. The summed E-state index contributed by atoms with van der Waals surface area (Å²) < 4.78 is 5.55. The summed E-state index contributed by atoms with van der Waals surface area (Å²) in [6.45, 7) is 4.93. The van der Waals surface area contributed by atoms with E-state index in [0.29, 0.717) is 24.8 Å². The number of carbonyl (C=O) groups is 1. The maximum absolute atomic E-state index is 11.9. The maximum Gasteiger partial charge on any atom is 0.323 e. The summed E-state index contributed by atoms with van der Waals surface area (Å²) in [5.41, 5.74) is 0. The lowest BCUT2D eigenvalue weighted by Crippen LogP contribution is -2.37. The first-order valence-corrected chi connectivity index (χ1v) is 6.66. The van der Waals surface area contributed by atoms with Gasteiger partial charge in [0.1, 0.15) is 12.1 Å². The predicted molar refractivity (Wildman–Crippen MR) is 64.5 cm³/mol. The van der Waals surface area contributed by atoms with Crippen LogP contribution in [0.1, 0.15) is 39.5 Å². The van der Waals surface area contributed by atoms with Crippen molar-refractivity contribution in [3.05, 3.63) is 0 Å². The molecule has 0 bridgehead atoms. The molecule has 4 nitrogen and oxygen atoms in total. The number of rotatable bonds is 2. The lowest BCUT2D eigenvalue weighted by atomic mass is 9.82. The lowest BCUT2D eigenvalue weighted by molar-refractivity contribution is -0.154. The number of hydrogen-bond acceptors (Lipinski definition) is 4. The van der Waals surface area contributed by atoms with Gasteiger partial charge in [0.2, 0.25) is 0 Å². The number of carbonyl (C=O) groups excluding carboxylic acids is 1. The SMILES string of the molecule is CC1CC(C)CC(OC(=O)[C@@H]2C[C@@H](O)CN2)C1. The third-order valence-electron chi connectivity index (χ3n) is 3.81. The quantitative estimate of drug-likeness (QED) is 0.710. The molecule has 1 saturated carbocycles. The normalized spacial score (nSPS) is 42.4. The van der Waals surface area contributed by atoms with Crippen LogP contribution < -0.4 is 5.32 Å². The Morgan fingerprint density at radius 2 is 1.82 bits per heavy atom. The second-order valence-corrected chi connectivity index (χ2v) is 5.83. The highest BCUT2D eigenvalue weighted by molar-refractivity contribution is 5.76. The number of aliphatic hydroxyl groups excluding tert-OH is 1. The zero-order chi connectivity index (χ0) is 12.4. The minimum absolute atomic E-state index is 0.0702. The topological polar surface area (TPSA) is 58.6 Å². The van der Waals surface area contributed by atoms with Crippen molar-refractivity contribution < 1.29 is 14.6 Å². The molecular weight excluding hydrogens is 218 g/mol. The average Bonchev–Trinajstić information content (AvgIpc) is 2.63. The highest BCUT2D eigenvalue weighted by Crippen LogP contribution is 2.30. The van der Waals surface area contributed by atoms with Crippen molar-refractivity contribution in [3.8, 4) is 0 Å². The molecule has 0 amide bonds. The van der Waals surface area contributed by atoms with Crippen LogP contribution in [0.25, 0.3) is 0 Å². The minimum Gasteiger partial charge on any atom is -0.461 e. The van der Waals surface area contributed by atoms with E-state index in [0.717, 1.165) is 12.8 Å². The standard InChI is InChI=1S/C13H23NO3/c1-8-3-9(2)5-11(4-8)17-13(16)12-6-10(15)7-14-12/h8-12,14-15H,3-7H2,1-2H3/t8?,9?,10-,11?,12+/m1/s1. The lowest BCUT2D eigenvalue weighted by Gasteiger charge is -2.31. The monoisotopic (exact) mass is 241 g/mol. The third kappa shape index (κ3) is 3.42. The van der Waals surface area contributed by atoms with Gasteiger partial charge in [0.15, 0.2) is 0 Å². The number of β-amino-alcohol motifs (C(OH)–C–C–N with tert-alkyl or cyclic N) is 1. The Hall–Kier alpha value is -0.610. The van der Waals surface area contributed by atoms with Crippen LogP contribution in [0.3, 0.4) is 0 Å². The molecule has 1 aliphatic heterocycles. The molecule has 2 rings (SSSR count). The van der Waals surface area contributed by atoms with Gasteiger partial charge in [-0.25, -0.2) is 0 Å². The first-order chi connectivity index (χ1) is 8.04. The molecule has 0 aromatic heterocycles. The van der Waals surface area contributed by atoms with E-state index >= 15 is 0 Å². The molecular formula is C13H23NO3. The van der Waals surface area contributed by atoms with Crippen LogP contribution in [0.2, 0.25) is 0 Å². The van der Waals surface area contributed by atoms with Crippen LogP contribution in [0.15, 0.2) is 0 Å². The first kappa shape index (κ1) is 12.8. The molecule has 1 aliphatic carbocycles. The maximum atomic E-state index is 11.9. The van der Waals surface area contributed by atoms with Crippen molar-refractivity contribution in [3.63, 3.8) is 0 Å². The van der Waals surface area contributed by atoms with E-state index in [4.69, 9.17) is 4.74 Å². The van der Waals surface area contributed by atoms with Crippen LogP contribution in [-0.2, 0) is 9.53 Å². The van der Waals surface area contributed by atoms with Crippen molar-refractivity contribution in [2.24, 2.45) is 11.8 Å². The van der Waals surface area contributed by atoms with Gasteiger partial charge in [-0.1, -0.05) is 13.8 Å². The van der Waals surface area contributed by atoms with Crippen molar-refractivity contribution in [1.82, 2.24) is 5.32 Å². The molecule has 17 heavy (non-hydrogen) atoms. The van der Waals surface area contributed by atoms with Gasteiger partial charge in [0.05, 0.1) is 6.10 Å². The number of esters is 1. The molecule has 1 saturated heterocycles. The molecule has 2 aliphatic rings. The van der Waals surface area contributed by atoms with E-state index in [-0.39, 0.29) is 18.1 Å². The van der Waals surface area contributed by atoms with Gasteiger partial charge in [-0.15, -0.1) is 0 Å². The van der Waals surface area contributed by atoms with Crippen molar-refractivity contribution in [2.75, 3.05) is 6.54 Å². The fraction of sp³-hybridized carbons (Fsp3) is 0.923. The largest absolute Gasteiger partial charge is 0.461 e. The van der Waals surface area contributed by atoms with E-state index in [9.17, 15) is 9.90 Å². The van der Waals surface area contributed by atoms with E-state index in [1.54, 1.807) is 0 Å². The van der Waals surface area contributed by atoms with Crippen LogP contribution in [0, 0.1) is 11.8 Å². The summed E-state index contributed by atoms with van der Waals surface area (Å²) >= 11 is 0. The smallest absolute Gasteiger partial charge is 0.323 e. The van der Waals surface area contributed by atoms with Crippen LogP contribution in [0.4, 0.5) is 0 Å². The van der Waals surface area contributed by atoms with Gasteiger partial charge in [0.25, 0.3) is 0 Å². The van der Waals surface area contributed by atoms with Gasteiger partial charge in [-0.3, -0.25) is 4.79 Å². The molecule has 98 valence electrons. The molecule has 2 fully saturated rings. The van der Waals surface area contributed by atoms with E-state index < -0.39 is 6.10 Å². The van der Waals surface area contributed by atoms with Crippen molar-refractivity contribution in [1.29, 1.82) is 0 Å². The van der Waals surface area contributed by atoms with Crippen LogP contribution in [-0.4, -0.2) is 35.9 Å². The van der Waals surface area contributed by atoms with Gasteiger partial charge in [-0.2, -0.15) is 0 Å². The predicted octanol–water partition coefficient (Wildman–Crippen LogP) is 1.08. The highest BCUT2D eigenvalue weighted by Gasteiger charge is 2.33. The molecule has 0 aromatic rings. The summed E-state index contributed by atoms with van der Waals surface area (Å²) in [6, 6.07) is -0.308. The molecule has 1 heterocycles. The molecule has 4 heteroatoms. The number of ether oxygens (including phenoxy) is 1. The summed E-state index contributed by atoms with van der Waals surface area (Å²) in [4.78, 5) is 11.9. The molecule has 0 spiro atoms. The summed E-state index contributed by atoms with van der Waals surface area (Å²) in [6.07, 6.45) is 3.33. The van der Waals surface area contributed by atoms with E-state index in [2.05, 4.69) is 19.2 Å². The van der Waals surface area contributed by atoms with Crippen molar-refractivity contribution >= 4 is 5.97 Å². The fourth-order valence-corrected chi connectivity index (χ4v) is 3.11. The van der Waals surface area contributed by atoms with Crippen LogP contribution in [0.5, 0.6) is 0 Å². The summed E-state index contributed by atoms with van der Waals surface area (Å²) in [5.74, 6) is 1.09. The summed E-state index contributed by atoms with van der Waals surface area (Å²) in [7, 11) is 0. The van der Waals surface area contributed by atoms with E-state index in [1.807, 2.05) is 0 Å². The Labute approximate surface area is 103 Å². The van der Waals surface area contributed by atoms with E-state index in [1.165, 1.54) is 6.42 Å².